The summed E-state index contributed by atoms with van der Waals surface area (Å²) in [4.78, 5) is 35.5. The van der Waals surface area contributed by atoms with Crippen molar-refractivity contribution in [2.45, 2.75) is 89.3 Å². The van der Waals surface area contributed by atoms with Gasteiger partial charge in [0.2, 0.25) is 17.7 Å². The van der Waals surface area contributed by atoms with Gasteiger partial charge in [-0.1, -0.05) is 33.1 Å². The van der Waals surface area contributed by atoms with Gasteiger partial charge in [-0.2, -0.15) is 11.8 Å². The minimum Gasteiger partial charge on any atom is -0.379 e. The molecule has 0 spiro atoms. The molecule has 0 aromatic carbocycles. The quantitative estimate of drug-likeness (QED) is 0.0940. The summed E-state index contributed by atoms with van der Waals surface area (Å²) in [6.45, 7) is 11.6. The number of rotatable bonds is 31. The molecule has 2 fully saturated rings. The van der Waals surface area contributed by atoms with Gasteiger partial charge in [-0.25, -0.2) is 0 Å². The first-order valence-corrected chi connectivity index (χ1v) is 18.4. The SMILES string of the molecule is CCCCCNC(=O)CCOCCOCCOCCOCCOCCOCCCNC(=O)CCCC[C@@H]1SC[C@]2(C)CC(=O)N[C@H]12. The molecule has 2 rings (SSSR count). The second kappa shape index (κ2) is 26.5. The maximum atomic E-state index is 12.1. The Hall–Kier alpha value is -1.48. The fourth-order valence-corrected chi connectivity index (χ4v) is 7.18. The summed E-state index contributed by atoms with van der Waals surface area (Å²) in [6.07, 6.45) is 8.57. The van der Waals surface area contributed by atoms with Crippen LogP contribution >= 0.6 is 11.8 Å². The first-order valence-electron chi connectivity index (χ1n) is 17.4. The van der Waals surface area contributed by atoms with Crippen LogP contribution in [0.5, 0.6) is 0 Å². The summed E-state index contributed by atoms with van der Waals surface area (Å²) in [5, 5.41) is 9.49. The minimum absolute atomic E-state index is 0.0336. The number of amides is 3. The van der Waals surface area contributed by atoms with Crippen LogP contribution in [0.2, 0.25) is 0 Å². The largest absolute Gasteiger partial charge is 0.379 e. The number of hydrogen-bond acceptors (Lipinski definition) is 10. The second-order valence-electron chi connectivity index (χ2n) is 12.2. The smallest absolute Gasteiger partial charge is 0.222 e. The van der Waals surface area contributed by atoms with Crippen LogP contribution in [0.15, 0.2) is 0 Å². The van der Waals surface area contributed by atoms with E-state index in [0.717, 1.165) is 57.2 Å². The zero-order valence-electron chi connectivity index (χ0n) is 28.4. The predicted octanol–water partition coefficient (Wildman–Crippen LogP) is 2.86. The van der Waals surface area contributed by atoms with E-state index in [1.54, 1.807) is 0 Å². The average Bonchev–Trinajstić information content (AvgIpc) is 3.50. The van der Waals surface area contributed by atoms with Gasteiger partial charge < -0.3 is 44.4 Å². The first kappa shape index (κ1) is 40.7. The van der Waals surface area contributed by atoms with Crippen LogP contribution in [-0.2, 0) is 42.8 Å². The van der Waals surface area contributed by atoms with Gasteiger partial charge in [0.15, 0.2) is 0 Å². The summed E-state index contributed by atoms with van der Waals surface area (Å²) in [7, 11) is 0. The van der Waals surface area contributed by atoms with E-state index in [-0.39, 0.29) is 29.2 Å². The van der Waals surface area contributed by atoms with Crippen molar-refractivity contribution in [3.05, 3.63) is 0 Å². The molecule has 0 aromatic heterocycles. The fourth-order valence-electron chi connectivity index (χ4n) is 5.38. The van der Waals surface area contributed by atoms with Crippen LogP contribution in [0.1, 0.15) is 78.1 Å². The third-order valence-electron chi connectivity index (χ3n) is 8.00. The Morgan fingerprint density at radius 3 is 1.83 bits per heavy atom. The van der Waals surface area contributed by atoms with Crippen molar-refractivity contribution < 1.29 is 42.8 Å². The lowest BCUT2D eigenvalue weighted by molar-refractivity contribution is -0.122. The van der Waals surface area contributed by atoms with Crippen LogP contribution in [0.25, 0.3) is 0 Å². The minimum atomic E-state index is 0.0336. The van der Waals surface area contributed by atoms with Crippen LogP contribution in [0, 0.1) is 5.41 Å². The van der Waals surface area contributed by atoms with Crippen LogP contribution in [0.3, 0.4) is 0 Å². The maximum absolute atomic E-state index is 12.1. The molecule has 3 amide bonds. The molecule has 3 atom stereocenters. The molecule has 46 heavy (non-hydrogen) atoms. The molecule has 0 radical (unpaired) electrons. The highest BCUT2D eigenvalue weighted by Gasteiger charge is 2.51. The van der Waals surface area contributed by atoms with E-state index in [0.29, 0.717) is 110 Å². The molecular weight excluding hydrogens is 614 g/mol. The van der Waals surface area contributed by atoms with E-state index >= 15 is 0 Å². The lowest BCUT2D eigenvalue weighted by Crippen LogP contribution is -2.39. The molecule has 0 unspecified atom stereocenters. The Morgan fingerprint density at radius 1 is 0.717 bits per heavy atom. The summed E-state index contributed by atoms with van der Waals surface area (Å²) >= 11 is 1.97. The van der Waals surface area contributed by atoms with Gasteiger partial charge in [-0.05, 0) is 25.7 Å². The van der Waals surface area contributed by atoms with E-state index in [4.69, 9.17) is 28.4 Å². The van der Waals surface area contributed by atoms with E-state index in [1.165, 1.54) is 0 Å². The number of hydrogen-bond donors (Lipinski definition) is 3. The average molecular weight is 676 g/mol. The summed E-state index contributed by atoms with van der Waals surface area (Å²) in [5.74, 6) is 1.35. The zero-order valence-corrected chi connectivity index (χ0v) is 29.2. The third kappa shape index (κ3) is 19.4. The molecule has 268 valence electrons. The van der Waals surface area contributed by atoms with Gasteiger partial charge >= 0.3 is 0 Å². The van der Waals surface area contributed by atoms with Crippen LogP contribution in [0.4, 0.5) is 0 Å². The molecule has 0 saturated carbocycles. The molecule has 2 aliphatic heterocycles. The van der Waals surface area contributed by atoms with E-state index in [9.17, 15) is 14.4 Å². The van der Waals surface area contributed by atoms with Gasteiger partial charge in [0.25, 0.3) is 0 Å². The molecule has 12 nitrogen and oxygen atoms in total. The molecule has 0 aliphatic carbocycles. The highest BCUT2D eigenvalue weighted by Crippen LogP contribution is 2.48. The Morgan fingerprint density at radius 2 is 1.24 bits per heavy atom. The van der Waals surface area contributed by atoms with E-state index < -0.39 is 0 Å². The van der Waals surface area contributed by atoms with Crippen LogP contribution in [-0.4, -0.2) is 127 Å². The number of ether oxygens (including phenoxy) is 6. The van der Waals surface area contributed by atoms with Gasteiger partial charge in [0.1, 0.15) is 0 Å². The number of thioether (sulfide) groups is 1. The Labute approximate surface area is 280 Å². The number of fused-ring (bicyclic) bond motifs is 1. The molecule has 3 N–H and O–H groups in total. The van der Waals surface area contributed by atoms with Crippen molar-refractivity contribution in [3.8, 4) is 0 Å². The summed E-state index contributed by atoms with van der Waals surface area (Å²) in [6, 6.07) is 0.289. The van der Waals surface area contributed by atoms with E-state index in [1.807, 2.05) is 11.8 Å². The molecular formula is C33H61N3O9S. The number of carbonyl (C=O) groups is 3. The topological polar surface area (TPSA) is 143 Å². The molecule has 0 aromatic rings. The summed E-state index contributed by atoms with van der Waals surface area (Å²) in [5.41, 5.74) is 0.106. The zero-order chi connectivity index (χ0) is 33.1. The van der Waals surface area contributed by atoms with Crippen molar-refractivity contribution in [2.24, 2.45) is 5.41 Å². The second-order valence-corrected chi connectivity index (χ2v) is 13.4. The van der Waals surface area contributed by atoms with Crippen molar-refractivity contribution in [1.29, 1.82) is 0 Å². The van der Waals surface area contributed by atoms with Gasteiger partial charge in [-0.3, -0.25) is 14.4 Å². The van der Waals surface area contributed by atoms with Gasteiger partial charge in [-0.15, -0.1) is 0 Å². The standard InChI is InChI=1S/C33H61N3O9S/c1-3-4-7-12-34-30(38)11-15-41-17-19-43-21-23-45-25-24-44-22-20-42-18-16-40-14-8-13-35-29(37)10-6-5-9-28-32-33(2,27-46-28)26-31(39)36-32/h28,32H,3-27H2,1-2H3,(H,34,38)(H,35,37)(H,36,39)/t28-,32+,33-/m0/s1. The Balaban J connectivity index is 1.21. The van der Waals surface area contributed by atoms with Gasteiger partial charge in [0, 0.05) is 61.4 Å². The Bertz CT molecular complexity index is 825. The van der Waals surface area contributed by atoms with Crippen molar-refractivity contribution in [2.75, 3.05) is 98.1 Å². The van der Waals surface area contributed by atoms with Gasteiger partial charge in [0.05, 0.1) is 72.7 Å². The normalized spacial score (nSPS) is 20.5. The maximum Gasteiger partial charge on any atom is 0.222 e. The van der Waals surface area contributed by atoms with Crippen LogP contribution < -0.4 is 16.0 Å². The van der Waals surface area contributed by atoms with Crippen molar-refractivity contribution >= 4 is 29.5 Å². The molecule has 0 bridgehead atoms. The highest BCUT2D eigenvalue weighted by atomic mass is 32.2. The summed E-state index contributed by atoms with van der Waals surface area (Å²) < 4.78 is 32.9. The number of carbonyl (C=O) groups excluding carboxylic acids is 3. The Kier molecular flexibility index (Phi) is 23.4. The lowest BCUT2D eigenvalue weighted by atomic mass is 9.82. The number of nitrogens with one attached hydrogen (secondary N) is 3. The fraction of sp³-hybridized carbons (Fsp3) is 0.909. The molecule has 2 heterocycles. The molecule has 2 saturated heterocycles. The lowest BCUT2D eigenvalue weighted by Gasteiger charge is -2.24. The highest BCUT2D eigenvalue weighted by molar-refractivity contribution is 8.00. The van der Waals surface area contributed by atoms with Crippen molar-refractivity contribution in [3.63, 3.8) is 0 Å². The molecule has 2 aliphatic rings. The monoisotopic (exact) mass is 675 g/mol. The number of unbranched alkanes of at least 4 members (excludes halogenated alkanes) is 3. The van der Waals surface area contributed by atoms with E-state index in [2.05, 4.69) is 29.8 Å². The third-order valence-corrected chi connectivity index (χ3v) is 9.76. The first-order chi connectivity index (χ1) is 22.4. The molecule has 13 heteroatoms. The predicted molar refractivity (Wildman–Crippen MR) is 179 cm³/mol. The van der Waals surface area contributed by atoms with Crippen molar-refractivity contribution in [1.82, 2.24) is 16.0 Å².